The highest BCUT2D eigenvalue weighted by molar-refractivity contribution is 8.00. The summed E-state index contributed by atoms with van der Waals surface area (Å²) in [6, 6.07) is 9.82. The molecule has 1 unspecified atom stereocenters. The van der Waals surface area contributed by atoms with Crippen LogP contribution in [0.4, 0.5) is 5.69 Å². The van der Waals surface area contributed by atoms with Gasteiger partial charge in [-0.25, -0.2) is 0 Å². The van der Waals surface area contributed by atoms with Crippen molar-refractivity contribution in [1.29, 1.82) is 0 Å². The van der Waals surface area contributed by atoms with Crippen molar-refractivity contribution in [3.05, 3.63) is 24.3 Å². The van der Waals surface area contributed by atoms with Crippen LogP contribution < -0.4 is 4.90 Å². The molecular weight excluding hydrogens is 290 g/mol. The van der Waals surface area contributed by atoms with Gasteiger partial charge in [0, 0.05) is 42.5 Å². The van der Waals surface area contributed by atoms with E-state index in [9.17, 15) is 0 Å². The second-order valence-corrected chi connectivity index (χ2v) is 8.93. The minimum Gasteiger partial charge on any atom is -0.343 e. The number of likely N-dealkylation sites (tertiary alicyclic amines) is 2. The van der Waals surface area contributed by atoms with Crippen LogP contribution in [0.1, 0.15) is 25.7 Å². The summed E-state index contributed by atoms with van der Waals surface area (Å²) in [6.45, 7) is 5.20. The molecule has 22 heavy (non-hydrogen) atoms. The molecule has 4 aliphatic rings. The molecule has 2 saturated heterocycles. The van der Waals surface area contributed by atoms with Crippen LogP contribution in [0.15, 0.2) is 29.2 Å². The Morgan fingerprint density at radius 2 is 1.77 bits per heavy atom. The molecule has 3 fully saturated rings. The zero-order chi connectivity index (χ0) is 14.7. The van der Waals surface area contributed by atoms with Gasteiger partial charge in [0.25, 0.3) is 0 Å². The maximum absolute atomic E-state index is 2.77. The molecule has 3 aliphatic heterocycles. The van der Waals surface area contributed by atoms with Gasteiger partial charge in [-0.1, -0.05) is 36.7 Å². The van der Waals surface area contributed by atoms with Gasteiger partial charge in [-0.2, -0.15) is 0 Å². The highest BCUT2D eigenvalue weighted by atomic mass is 32.2. The monoisotopic (exact) mass is 315 g/mol. The molecule has 5 rings (SSSR count). The van der Waals surface area contributed by atoms with Crippen molar-refractivity contribution in [3.8, 4) is 0 Å². The molecule has 3 heterocycles. The molecule has 0 bridgehead atoms. The third-order valence-corrected chi connectivity index (χ3v) is 7.27. The van der Waals surface area contributed by atoms with Gasteiger partial charge in [-0.05, 0) is 32.0 Å². The number of rotatable bonds is 2. The average Bonchev–Trinajstić information content (AvgIpc) is 3.07. The summed E-state index contributed by atoms with van der Waals surface area (Å²) in [4.78, 5) is 9.45. The number of hydrogen-bond acceptors (Lipinski definition) is 4. The molecule has 118 valence electrons. The number of para-hydroxylation sites is 1. The van der Waals surface area contributed by atoms with Crippen LogP contribution >= 0.6 is 11.8 Å². The van der Waals surface area contributed by atoms with E-state index in [-0.39, 0.29) is 0 Å². The number of fused-ring (bicyclic) bond motifs is 1. The van der Waals surface area contributed by atoms with Crippen molar-refractivity contribution in [2.75, 3.05) is 38.1 Å². The van der Waals surface area contributed by atoms with E-state index in [1.165, 1.54) is 62.4 Å². The smallest absolute Gasteiger partial charge is 0.135 e. The van der Waals surface area contributed by atoms with Crippen molar-refractivity contribution in [3.63, 3.8) is 0 Å². The molecule has 0 amide bonds. The minimum absolute atomic E-state index is 0.553. The van der Waals surface area contributed by atoms with Gasteiger partial charge in [0.1, 0.15) is 5.50 Å². The summed E-state index contributed by atoms with van der Waals surface area (Å²) in [7, 11) is 2.25. The van der Waals surface area contributed by atoms with E-state index in [0.717, 1.165) is 6.04 Å². The SMILES string of the molecule is CN1CC2(C1)CN(C1Sc3ccccc3N1C1CCCC1)C2. The van der Waals surface area contributed by atoms with Crippen LogP contribution in [0.3, 0.4) is 0 Å². The lowest BCUT2D eigenvalue weighted by molar-refractivity contribution is -0.109. The first-order valence-electron chi connectivity index (χ1n) is 8.71. The Morgan fingerprint density at radius 3 is 2.50 bits per heavy atom. The summed E-state index contributed by atoms with van der Waals surface area (Å²) in [5, 5.41) is 0. The first kappa shape index (κ1) is 13.7. The number of benzene rings is 1. The van der Waals surface area contributed by atoms with Gasteiger partial charge in [0.2, 0.25) is 0 Å². The van der Waals surface area contributed by atoms with Crippen molar-refractivity contribution in [2.45, 2.75) is 42.1 Å². The molecule has 0 radical (unpaired) electrons. The normalized spacial score (nSPS) is 31.3. The third-order valence-electron chi connectivity index (χ3n) is 5.93. The van der Waals surface area contributed by atoms with Gasteiger partial charge in [-0.15, -0.1) is 0 Å². The number of anilines is 1. The van der Waals surface area contributed by atoms with E-state index in [1.54, 1.807) is 0 Å². The Labute approximate surface area is 137 Å². The van der Waals surface area contributed by atoms with Crippen molar-refractivity contribution in [1.82, 2.24) is 9.80 Å². The van der Waals surface area contributed by atoms with E-state index in [2.05, 4.69) is 57.8 Å². The zero-order valence-corrected chi connectivity index (χ0v) is 14.2. The molecule has 1 aromatic rings. The molecule has 4 heteroatoms. The topological polar surface area (TPSA) is 9.72 Å². The van der Waals surface area contributed by atoms with E-state index in [1.807, 2.05) is 0 Å². The Morgan fingerprint density at radius 1 is 1.05 bits per heavy atom. The minimum atomic E-state index is 0.553. The largest absolute Gasteiger partial charge is 0.343 e. The number of nitrogens with zero attached hydrogens (tertiary/aromatic N) is 3. The van der Waals surface area contributed by atoms with Crippen LogP contribution in [0.5, 0.6) is 0 Å². The summed E-state index contributed by atoms with van der Waals surface area (Å²) in [6.07, 6.45) is 5.59. The van der Waals surface area contributed by atoms with Gasteiger partial charge in [0.15, 0.2) is 0 Å². The number of thioether (sulfide) groups is 1. The fourth-order valence-corrected chi connectivity index (χ4v) is 6.52. The van der Waals surface area contributed by atoms with Crippen molar-refractivity contribution >= 4 is 17.4 Å². The average molecular weight is 315 g/mol. The maximum Gasteiger partial charge on any atom is 0.135 e. The van der Waals surface area contributed by atoms with Crippen LogP contribution in [0, 0.1) is 5.41 Å². The molecule has 1 aromatic carbocycles. The predicted molar refractivity (Wildman–Crippen MR) is 92.3 cm³/mol. The highest BCUT2D eigenvalue weighted by Gasteiger charge is 2.54. The molecule has 1 saturated carbocycles. The molecule has 1 spiro atoms. The number of hydrogen-bond donors (Lipinski definition) is 0. The summed E-state index contributed by atoms with van der Waals surface area (Å²) < 4.78 is 0. The van der Waals surface area contributed by atoms with Crippen LogP contribution in [0.2, 0.25) is 0 Å². The molecular formula is C18H25N3S. The van der Waals surface area contributed by atoms with Crippen LogP contribution in [-0.4, -0.2) is 54.6 Å². The second-order valence-electron chi connectivity index (χ2n) is 7.83. The fraction of sp³-hybridized carbons (Fsp3) is 0.667. The zero-order valence-electron chi connectivity index (χ0n) is 13.4. The molecule has 0 N–H and O–H groups in total. The Bertz CT molecular complexity index is 569. The quantitative estimate of drug-likeness (QED) is 0.829. The fourth-order valence-electron chi connectivity index (χ4n) is 5.14. The summed E-state index contributed by atoms with van der Waals surface area (Å²) >= 11 is 2.09. The van der Waals surface area contributed by atoms with Gasteiger partial charge >= 0.3 is 0 Å². The lowest BCUT2D eigenvalue weighted by atomic mass is 9.73. The van der Waals surface area contributed by atoms with E-state index >= 15 is 0 Å². The summed E-state index contributed by atoms with van der Waals surface area (Å²) in [5.41, 5.74) is 2.68. The molecule has 0 aromatic heterocycles. The Balaban J connectivity index is 1.38. The lowest BCUT2D eigenvalue weighted by Crippen LogP contribution is -2.73. The van der Waals surface area contributed by atoms with Crippen LogP contribution in [-0.2, 0) is 0 Å². The van der Waals surface area contributed by atoms with Gasteiger partial charge < -0.3 is 9.80 Å². The van der Waals surface area contributed by atoms with Gasteiger partial charge in [0.05, 0.1) is 5.69 Å². The van der Waals surface area contributed by atoms with E-state index in [4.69, 9.17) is 0 Å². The van der Waals surface area contributed by atoms with Crippen LogP contribution in [0.25, 0.3) is 0 Å². The lowest BCUT2D eigenvalue weighted by Gasteiger charge is -2.61. The first-order valence-corrected chi connectivity index (χ1v) is 9.59. The van der Waals surface area contributed by atoms with Gasteiger partial charge in [-0.3, -0.25) is 4.90 Å². The van der Waals surface area contributed by atoms with E-state index in [0.29, 0.717) is 10.9 Å². The van der Waals surface area contributed by atoms with Crippen molar-refractivity contribution < 1.29 is 0 Å². The Hall–Kier alpha value is -0.710. The van der Waals surface area contributed by atoms with E-state index < -0.39 is 0 Å². The standard InChI is InChI=1S/C18H25N3S/c1-19-10-18(11-19)12-20(13-18)17-21(14-6-2-3-7-14)15-8-4-5-9-16(15)22-17/h4-5,8-9,14,17H,2-3,6-7,10-13H2,1H3. The molecule has 1 atom stereocenters. The highest BCUT2D eigenvalue weighted by Crippen LogP contribution is 2.51. The van der Waals surface area contributed by atoms with Crippen molar-refractivity contribution in [2.24, 2.45) is 5.41 Å². The first-order chi connectivity index (χ1) is 10.7. The Kier molecular flexibility index (Phi) is 3.05. The maximum atomic E-state index is 2.77. The molecule has 1 aliphatic carbocycles. The summed E-state index contributed by atoms with van der Waals surface area (Å²) in [5.74, 6) is 0. The molecule has 3 nitrogen and oxygen atoms in total. The third kappa shape index (κ3) is 1.97. The second kappa shape index (κ2) is 4.89. The predicted octanol–water partition coefficient (Wildman–Crippen LogP) is 3.07.